The first-order chi connectivity index (χ1) is 11.2. The molecule has 2 aromatic heterocycles. The number of carboxylic acid groups (broad SMARTS) is 1. The van der Waals surface area contributed by atoms with E-state index in [4.69, 9.17) is 11.6 Å². The number of carboxylic acids is 1. The number of aromatic nitrogens is 2. The molecule has 2 heterocycles. The lowest BCUT2D eigenvalue weighted by Gasteiger charge is -2.24. The number of fused-ring (bicyclic) bond motifs is 1. The van der Waals surface area contributed by atoms with Crippen LogP contribution in [0.15, 0.2) is 34.4 Å². The fraction of sp³-hybridized carbons (Fsp3) is 0.235. The van der Waals surface area contributed by atoms with Gasteiger partial charge in [0.15, 0.2) is 0 Å². The summed E-state index contributed by atoms with van der Waals surface area (Å²) in [7, 11) is 0. The van der Waals surface area contributed by atoms with Gasteiger partial charge < -0.3 is 5.11 Å². The van der Waals surface area contributed by atoms with Gasteiger partial charge >= 0.3 is 5.97 Å². The molecule has 0 spiro atoms. The Balaban J connectivity index is 2.35. The Morgan fingerprint density at radius 1 is 1.29 bits per heavy atom. The summed E-state index contributed by atoms with van der Waals surface area (Å²) >= 11 is 7.29. The number of hydrogen-bond acceptors (Lipinski definition) is 4. The number of thiophene rings is 1. The summed E-state index contributed by atoms with van der Waals surface area (Å²) in [5.74, 6) is -0.707. The van der Waals surface area contributed by atoms with Gasteiger partial charge in [-0.15, -0.1) is 11.3 Å². The third-order valence-corrected chi connectivity index (χ3v) is 5.14. The van der Waals surface area contributed by atoms with Crippen LogP contribution in [0.4, 0.5) is 0 Å². The molecule has 0 aliphatic carbocycles. The summed E-state index contributed by atoms with van der Waals surface area (Å²) in [5, 5.41) is 12.4. The van der Waals surface area contributed by atoms with Crippen molar-refractivity contribution in [3.05, 3.63) is 50.8 Å². The molecule has 1 aromatic carbocycles. The van der Waals surface area contributed by atoms with Crippen LogP contribution in [0.25, 0.3) is 21.3 Å². The molecule has 0 saturated carbocycles. The van der Waals surface area contributed by atoms with Crippen molar-refractivity contribution >= 4 is 39.1 Å². The van der Waals surface area contributed by atoms with Gasteiger partial charge in [0.1, 0.15) is 16.2 Å². The van der Waals surface area contributed by atoms with Crippen LogP contribution in [-0.2, 0) is 10.3 Å². The Morgan fingerprint density at radius 2 is 1.92 bits per heavy atom. The molecule has 0 bridgehead atoms. The van der Waals surface area contributed by atoms with Crippen molar-refractivity contribution < 1.29 is 9.90 Å². The van der Waals surface area contributed by atoms with Crippen LogP contribution < -0.4 is 5.56 Å². The molecule has 0 atom stereocenters. The van der Waals surface area contributed by atoms with Crippen LogP contribution in [0, 0.1) is 6.92 Å². The van der Waals surface area contributed by atoms with Crippen LogP contribution in [0.5, 0.6) is 0 Å². The standard InChI is InChI=1S/C17H15ClN2O3S/c1-9-19-14-13(15(21)20(9)17(2,3)16(22)23)12(8-24-14)10-4-6-11(18)7-5-10/h4-8H,1-3H3,(H,22,23). The number of nitrogens with zero attached hydrogens (tertiary/aromatic N) is 2. The minimum Gasteiger partial charge on any atom is -0.480 e. The van der Waals surface area contributed by atoms with E-state index in [0.29, 0.717) is 21.1 Å². The van der Waals surface area contributed by atoms with Crippen LogP contribution in [0.2, 0.25) is 5.02 Å². The van der Waals surface area contributed by atoms with E-state index < -0.39 is 11.5 Å². The molecule has 7 heteroatoms. The minimum atomic E-state index is -1.39. The Labute approximate surface area is 147 Å². The molecule has 124 valence electrons. The van der Waals surface area contributed by atoms with Gasteiger partial charge in [-0.1, -0.05) is 23.7 Å². The molecule has 0 fully saturated rings. The van der Waals surface area contributed by atoms with E-state index in [2.05, 4.69) is 4.98 Å². The smallest absolute Gasteiger partial charge is 0.329 e. The summed E-state index contributed by atoms with van der Waals surface area (Å²) in [6, 6.07) is 7.16. The van der Waals surface area contributed by atoms with Gasteiger partial charge in [-0.3, -0.25) is 9.36 Å². The van der Waals surface area contributed by atoms with Gasteiger partial charge in [0, 0.05) is 16.0 Å². The van der Waals surface area contributed by atoms with E-state index in [0.717, 1.165) is 11.1 Å². The largest absolute Gasteiger partial charge is 0.480 e. The van der Waals surface area contributed by atoms with Crippen LogP contribution in [0.1, 0.15) is 19.7 Å². The zero-order valence-corrected chi connectivity index (χ0v) is 14.9. The van der Waals surface area contributed by atoms with Crippen molar-refractivity contribution in [2.24, 2.45) is 0 Å². The molecule has 24 heavy (non-hydrogen) atoms. The zero-order chi connectivity index (χ0) is 17.6. The van der Waals surface area contributed by atoms with E-state index in [9.17, 15) is 14.7 Å². The fourth-order valence-corrected chi connectivity index (χ4v) is 3.80. The summed E-state index contributed by atoms with van der Waals surface area (Å²) in [6.45, 7) is 4.63. The molecule has 3 rings (SSSR count). The van der Waals surface area contributed by atoms with Gasteiger partial charge in [0.2, 0.25) is 0 Å². The third-order valence-electron chi connectivity index (χ3n) is 4.01. The predicted molar refractivity (Wildman–Crippen MR) is 96.0 cm³/mol. The molecular weight excluding hydrogens is 348 g/mol. The normalized spacial score (nSPS) is 11.8. The molecule has 0 radical (unpaired) electrons. The highest BCUT2D eigenvalue weighted by Gasteiger charge is 2.33. The molecule has 3 aromatic rings. The highest BCUT2D eigenvalue weighted by Crippen LogP contribution is 2.32. The van der Waals surface area contributed by atoms with Crippen molar-refractivity contribution in [3.8, 4) is 11.1 Å². The summed E-state index contributed by atoms with van der Waals surface area (Å²) < 4.78 is 1.24. The first kappa shape index (κ1) is 16.7. The molecule has 0 amide bonds. The molecule has 0 saturated heterocycles. The maximum Gasteiger partial charge on any atom is 0.329 e. The first-order valence-corrected chi connectivity index (χ1v) is 8.50. The number of aryl methyl sites for hydroxylation is 1. The number of halogens is 1. The second kappa shape index (κ2) is 5.72. The topological polar surface area (TPSA) is 72.2 Å². The van der Waals surface area contributed by atoms with Crippen molar-refractivity contribution in [1.82, 2.24) is 9.55 Å². The van der Waals surface area contributed by atoms with Gasteiger partial charge in [-0.25, -0.2) is 9.78 Å². The average Bonchev–Trinajstić information content (AvgIpc) is 2.91. The van der Waals surface area contributed by atoms with Gasteiger partial charge in [0.05, 0.1) is 5.39 Å². The van der Waals surface area contributed by atoms with E-state index in [1.807, 2.05) is 17.5 Å². The lowest BCUT2D eigenvalue weighted by Crippen LogP contribution is -2.44. The van der Waals surface area contributed by atoms with Gasteiger partial charge in [-0.2, -0.15) is 0 Å². The SMILES string of the molecule is Cc1nc2scc(-c3ccc(Cl)cc3)c2c(=O)n1C(C)(C)C(=O)O. The average molecular weight is 363 g/mol. The van der Waals surface area contributed by atoms with E-state index in [1.54, 1.807) is 19.1 Å². The quantitative estimate of drug-likeness (QED) is 0.766. The van der Waals surface area contributed by atoms with E-state index in [1.165, 1.54) is 29.8 Å². The fourth-order valence-electron chi connectivity index (χ4n) is 2.69. The molecule has 0 aliphatic heterocycles. The van der Waals surface area contributed by atoms with Crippen molar-refractivity contribution in [2.75, 3.05) is 0 Å². The highest BCUT2D eigenvalue weighted by atomic mass is 35.5. The Bertz CT molecular complexity index is 1000. The monoisotopic (exact) mass is 362 g/mol. The van der Waals surface area contributed by atoms with Crippen LogP contribution in [0.3, 0.4) is 0 Å². The van der Waals surface area contributed by atoms with Gasteiger partial charge in [0.25, 0.3) is 5.56 Å². The summed E-state index contributed by atoms with van der Waals surface area (Å²) in [6.07, 6.45) is 0. The third kappa shape index (κ3) is 2.52. The summed E-state index contributed by atoms with van der Waals surface area (Å²) in [5.41, 5.74) is -0.162. The van der Waals surface area contributed by atoms with Gasteiger partial charge in [-0.05, 0) is 38.5 Å². The molecule has 0 unspecified atom stereocenters. The van der Waals surface area contributed by atoms with E-state index in [-0.39, 0.29) is 5.56 Å². The zero-order valence-electron chi connectivity index (χ0n) is 13.3. The number of benzene rings is 1. The second-order valence-electron chi connectivity index (χ2n) is 6.00. The first-order valence-electron chi connectivity index (χ1n) is 7.24. The minimum absolute atomic E-state index is 0.351. The number of hydrogen-bond donors (Lipinski definition) is 1. The molecule has 5 nitrogen and oxygen atoms in total. The van der Waals surface area contributed by atoms with Crippen molar-refractivity contribution in [3.63, 3.8) is 0 Å². The van der Waals surface area contributed by atoms with Crippen molar-refractivity contribution in [1.29, 1.82) is 0 Å². The van der Waals surface area contributed by atoms with Crippen LogP contribution in [-0.4, -0.2) is 20.6 Å². The van der Waals surface area contributed by atoms with Crippen LogP contribution >= 0.6 is 22.9 Å². The molecule has 1 N–H and O–H groups in total. The highest BCUT2D eigenvalue weighted by molar-refractivity contribution is 7.17. The molecule has 0 aliphatic rings. The van der Waals surface area contributed by atoms with Crippen molar-refractivity contribution in [2.45, 2.75) is 26.3 Å². The second-order valence-corrected chi connectivity index (χ2v) is 7.29. The number of carbonyl (C=O) groups is 1. The Morgan fingerprint density at radius 3 is 2.50 bits per heavy atom. The lowest BCUT2D eigenvalue weighted by atomic mass is 10.0. The number of aliphatic carboxylic acids is 1. The maximum atomic E-state index is 13.1. The Kier molecular flexibility index (Phi) is 3.97. The predicted octanol–water partition coefficient (Wildman–Crippen LogP) is 3.91. The summed E-state index contributed by atoms with van der Waals surface area (Å²) in [4.78, 5) is 29.7. The number of rotatable bonds is 3. The Hall–Kier alpha value is -2.18. The lowest BCUT2D eigenvalue weighted by molar-refractivity contribution is -0.145. The van der Waals surface area contributed by atoms with E-state index >= 15 is 0 Å². The maximum absolute atomic E-state index is 13.1. The molecular formula is C17H15ClN2O3S.